The molecule has 0 aliphatic carbocycles. The van der Waals surface area contributed by atoms with Crippen molar-refractivity contribution >= 4 is 15.7 Å². The van der Waals surface area contributed by atoms with E-state index in [0.29, 0.717) is 6.04 Å². The van der Waals surface area contributed by atoms with E-state index in [1.54, 1.807) is 0 Å². The summed E-state index contributed by atoms with van der Waals surface area (Å²) in [6, 6.07) is -0.235. The molecule has 2 rings (SSSR count). The van der Waals surface area contributed by atoms with Crippen molar-refractivity contribution in [2.24, 2.45) is 5.73 Å². The number of rotatable bonds is 4. The zero-order valence-corrected chi connectivity index (χ0v) is 12.9. The first kappa shape index (κ1) is 15.7. The van der Waals surface area contributed by atoms with Crippen LogP contribution in [0.5, 0.6) is 0 Å². The Balaban J connectivity index is 1.90. The van der Waals surface area contributed by atoms with Crippen LogP contribution in [0, 0.1) is 0 Å². The number of hydrogen-bond acceptors (Lipinski definition) is 5. The van der Waals surface area contributed by atoms with Gasteiger partial charge >= 0.3 is 0 Å². The molecule has 2 N–H and O–H groups in total. The van der Waals surface area contributed by atoms with E-state index in [2.05, 4.69) is 4.90 Å². The van der Waals surface area contributed by atoms with Gasteiger partial charge in [-0.25, -0.2) is 8.42 Å². The Morgan fingerprint density at radius 3 is 2.70 bits per heavy atom. The summed E-state index contributed by atoms with van der Waals surface area (Å²) in [4.78, 5) is 16.6. The van der Waals surface area contributed by atoms with Gasteiger partial charge in [-0.05, 0) is 32.2 Å². The third-order valence-corrected chi connectivity index (χ3v) is 5.21. The molecular formula is C13H25N3O3S. The van der Waals surface area contributed by atoms with Crippen LogP contribution >= 0.6 is 0 Å². The van der Waals surface area contributed by atoms with Crippen molar-refractivity contribution < 1.29 is 13.2 Å². The summed E-state index contributed by atoms with van der Waals surface area (Å²) in [6.07, 6.45) is 4.70. The van der Waals surface area contributed by atoms with Crippen molar-refractivity contribution in [3.05, 3.63) is 0 Å². The van der Waals surface area contributed by atoms with Gasteiger partial charge in [-0.15, -0.1) is 0 Å². The summed E-state index contributed by atoms with van der Waals surface area (Å²) in [6.45, 7) is 3.66. The predicted molar refractivity (Wildman–Crippen MR) is 78.1 cm³/mol. The minimum atomic E-state index is -3.06. The van der Waals surface area contributed by atoms with E-state index >= 15 is 0 Å². The van der Waals surface area contributed by atoms with Crippen LogP contribution in [0.25, 0.3) is 0 Å². The van der Waals surface area contributed by atoms with Crippen LogP contribution in [-0.4, -0.2) is 74.4 Å². The van der Waals surface area contributed by atoms with Gasteiger partial charge in [-0.1, -0.05) is 0 Å². The summed E-state index contributed by atoms with van der Waals surface area (Å²) >= 11 is 0. The van der Waals surface area contributed by atoms with Gasteiger partial charge in [0.05, 0.1) is 11.8 Å². The van der Waals surface area contributed by atoms with E-state index in [9.17, 15) is 13.2 Å². The van der Waals surface area contributed by atoms with E-state index in [1.165, 1.54) is 12.7 Å². The number of amides is 1. The number of nitrogens with two attached hydrogens (primary N) is 1. The molecule has 2 unspecified atom stereocenters. The molecule has 0 saturated carbocycles. The van der Waals surface area contributed by atoms with Crippen LogP contribution in [0.4, 0.5) is 0 Å². The van der Waals surface area contributed by atoms with E-state index in [4.69, 9.17) is 5.73 Å². The summed E-state index contributed by atoms with van der Waals surface area (Å²) in [7, 11) is -3.06. The zero-order chi connectivity index (χ0) is 14.8. The van der Waals surface area contributed by atoms with Gasteiger partial charge in [0.25, 0.3) is 0 Å². The molecule has 116 valence electrons. The molecule has 0 aromatic carbocycles. The number of carbonyl (C=O) groups is 1. The Labute approximate surface area is 121 Å². The Hall–Kier alpha value is -0.660. The maximum atomic E-state index is 12.3. The van der Waals surface area contributed by atoms with Crippen LogP contribution in [0.3, 0.4) is 0 Å². The molecule has 0 spiro atoms. The molecular weight excluding hydrogens is 278 g/mol. The highest BCUT2D eigenvalue weighted by molar-refractivity contribution is 7.90. The highest BCUT2D eigenvalue weighted by Crippen LogP contribution is 2.21. The second-order valence-corrected chi connectivity index (χ2v) is 8.25. The zero-order valence-electron chi connectivity index (χ0n) is 12.1. The SMILES string of the molecule is CS(=O)(=O)CCC(N)C(=O)N1CCCN2CCCC2C1. The quantitative estimate of drug-likeness (QED) is 0.753. The maximum absolute atomic E-state index is 12.3. The Morgan fingerprint density at radius 2 is 2.00 bits per heavy atom. The van der Waals surface area contributed by atoms with E-state index in [1.807, 2.05) is 4.90 Å². The van der Waals surface area contributed by atoms with Gasteiger partial charge in [0.2, 0.25) is 5.91 Å². The molecule has 20 heavy (non-hydrogen) atoms. The summed E-state index contributed by atoms with van der Waals surface area (Å²) in [5.74, 6) is -0.120. The van der Waals surface area contributed by atoms with Crippen molar-refractivity contribution in [3.63, 3.8) is 0 Å². The number of nitrogens with zero attached hydrogens (tertiary/aromatic N) is 2. The van der Waals surface area contributed by atoms with Crippen molar-refractivity contribution in [3.8, 4) is 0 Å². The van der Waals surface area contributed by atoms with Crippen LogP contribution in [0.15, 0.2) is 0 Å². The molecule has 2 saturated heterocycles. The first-order valence-electron chi connectivity index (χ1n) is 7.33. The lowest BCUT2D eigenvalue weighted by atomic mass is 10.1. The van der Waals surface area contributed by atoms with Gasteiger partial charge in [-0.2, -0.15) is 0 Å². The van der Waals surface area contributed by atoms with Crippen LogP contribution in [0.2, 0.25) is 0 Å². The second-order valence-electron chi connectivity index (χ2n) is 5.99. The Bertz CT molecular complexity index is 452. The molecule has 0 aromatic heterocycles. The van der Waals surface area contributed by atoms with Crippen LogP contribution in [0.1, 0.15) is 25.7 Å². The van der Waals surface area contributed by atoms with Gasteiger partial charge in [0.15, 0.2) is 0 Å². The summed E-state index contributed by atoms with van der Waals surface area (Å²) in [5.41, 5.74) is 5.87. The highest BCUT2D eigenvalue weighted by atomic mass is 32.2. The average molecular weight is 303 g/mol. The summed E-state index contributed by atoms with van der Waals surface area (Å²) < 4.78 is 22.3. The van der Waals surface area contributed by atoms with Gasteiger partial charge in [0.1, 0.15) is 9.84 Å². The third kappa shape index (κ3) is 4.17. The lowest BCUT2D eigenvalue weighted by Gasteiger charge is -2.27. The van der Waals surface area contributed by atoms with Crippen molar-refractivity contribution in [1.29, 1.82) is 0 Å². The van der Waals surface area contributed by atoms with E-state index in [-0.39, 0.29) is 18.1 Å². The van der Waals surface area contributed by atoms with Crippen LogP contribution in [-0.2, 0) is 14.6 Å². The average Bonchev–Trinajstić information content (AvgIpc) is 2.71. The predicted octanol–water partition coefficient (Wildman–Crippen LogP) is -0.555. The highest BCUT2D eigenvalue weighted by Gasteiger charge is 2.32. The molecule has 2 heterocycles. The normalized spacial score (nSPS) is 26.1. The van der Waals surface area contributed by atoms with Crippen molar-refractivity contribution in [2.75, 3.05) is 38.2 Å². The smallest absolute Gasteiger partial charge is 0.239 e. The third-order valence-electron chi connectivity index (χ3n) is 4.23. The molecule has 0 radical (unpaired) electrons. The minimum Gasteiger partial charge on any atom is -0.340 e. The van der Waals surface area contributed by atoms with Gasteiger partial charge in [-0.3, -0.25) is 9.69 Å². The number of carbonyl (C=O) groups excluding carboxylic acids is 1. The molecule has 6 nitrogen and oxygen atoms in total. The Morgan fingerprint density at radius 1 is 1.30 bits per heavy atom. The topological polar surface area (TPSA) is 83.7 Å². The van der Waals surface area contributed by atoms with Gasteiger partial charge < -0.3 is 10.6 Å². The fourth-order valence-electron chi connectivity index (χ4n) is 3.11. The molecule has 0 bridgehead atoms. The van der Waals surface area contributed by atoms with Crippen molar-refractivity contribution in [1.82, 2.24) is 9.80 Å². The van der Waals surface area contributed by atoms with Gasteiger partial charge in [0, 0.05) is 31.9 Å². The monoisotopic (exact) mass is 303 g/mol. The van der Waals surface area contributed by atoms with E-state index < -0.39 is 15.9 Å². The first-order valence-corrected chi connectivity index (χ1v) is 9.39. The molecule has 0 aromatic rings. The molecule has 2 aliphatic rings. The number of hydrogen-bond donors (Lipinski definition) is 1. The Kier molecular flexibility index (Phi) is 5.04. The van der Waals surface area contributed by atoms with Crippen molar-refractivity contribution in [2.45, 2.75) is 37.8 Å². The largest absolute Gasteiger partial charge is 0.340 e. The number of fused-ring (bicyclic) bond motifs is 1. The molecule has 2 aliphatic heterocycles. The van der Waals surface area contributed by atoms with Crippen LogP contribution < -0.4 is 5.73 Å². The molecule has 2 fully saturated rings. The first-order chi connectivity index (χ1) is 9.37. The minimum absolute atomic E-state index is 0.0245. The lowest BCUT2D eigenvalue weighted by molar-refractivity contribution is -0.132. The molecule has 1 amide bonds. The maximum Gasteiger partial charge on any atom is 0.239 e. The second kappa shape index (κ2) is 6.41. The fraction of sp³-hybridized carbons (Fsp3) is 0.923. The molecule has 2 atom stereocenters. The molecule has 7 heteroatoms. The fourth-order valence-corrected chi connectivity index (χ4v) is 3.79. The lowest BCUT2D eigenvalue weighted by Crippen LogP contribution is -2.47. The standard InChI is InChI=1S/C13H25N3O3S/c1-20(18,19)9-5-12(14)13(17)16-8-3-7-15-6-2-4-11(15)10-16/h11-12H,2-10,14H2,1H3. The van der Waals surface area contributed by atoms with E-state index in [0.717, 1.165) is 39.0 Å². The summed E-state index contributed by atoms with van der Waals surface area (Å²) in [5, 5.41) is 0. The number of sulfone groups is 1.